The first-order chi connectivity index (χ1) is 8.58. The van der Waals surface area contributed by atoms with Gasteiger partial charge in [-0.25, -0.2) is 0 Å². The van der Waals surface area contributed by atoms with Crippen molar-refractivity contribution in [3.05, 3.63) is 59.7 Å². The van der Waals surface area contributed by atoms with Crippen LogP contribution in [-0.4, -0.2) is 10.9 Å². The highest BCUT2D eigenvalue weighted by Crippen LogP contribution is 2.21. The van der Waals surface area contributed by atoms with Crippen LogP contribution in [0.3, 0.4) is 0 Å². The molecule has 0 aliphatic heterocycles. The maximum absolute atomic E-state index is 12.1. The average Bonchev–Trinajstić information content (AvgIpc) is 2.37. The van der Waals surface area contributed by atoms with Crippen LogP contribution in [0.1, 0.15) is 22.0 Å². The second-order valence-corrected chi connectivity index (χ2v) is 4.07. The smallest absolute Gasteiger partial charge is 0.195 e. The zero-order valence-corrected chi connectivity index (χ0v) is 9.71. The van der Waals surface area contributed by atoms with Gasteiger partial charge in [0.15, 0.2) is 5.78 Å². The third kappa shape index (κ3) is 2.49. The standard InChI is InChI=1S/C14H14N2O2/c15-11-6-10(7-12(16)8-11)14(18)13(17)9-4-2-1-3-5-9/h1-8,13,17H,15-16H2. The number of nitrogen functional groups attached to an aromatic ring is 2. The van der Waals surface area contributed by atoms with Crippen LogP contribution in [0.2, 0.25) is 0 Å². The zero-order chi connectivity index (χ0) is 13.1. The molecule has 2 rings (SSSR count). The van der Waals surface area contributed by atoms with Crippen LogP contribution in [0, 0.1) is 0 Å². The predicted molar refractivity (Wildman–Crippen MR) is 71.0 cm³/mol. The van der Waals surface area contributed by atoms with Gasteiger partial charge in [-0.2, -0.15) is 0 Å². The molecule has 0 amide bonds. The first-order valence-electron chi connectivity index (χ1n) is 5.51. The normalized spacial score (nSPS) is 12.1. The lowest BCUT2D eigenvalue weighted by atomic mass is 9.99. The number of carbonyl (C=O) groups is 1. The van der Waals surface area contributed by atoms with Crippen molar-refractivity contribution in [1.29, 1.82) is 0 Å². The van der Waals surface area contributed by atoms with Gasteiger partial charge in [0.05, 0.1) is 0 Å². The summed E-state index contributed by atoms with van der Waals surface area (Å²) in [5.41, 5.74) is 12.9. The van der Waals surface area contributed by atoms with Crippen LogP contribution in [0.4, 0.5) is 11.4 Å². The summed E-state index contributed by atoms with van der Waals surface area (Å²) in [5, 5.41) is 9.99. The highest BCUT2D eigenvalue weighted by atomic mass is 16.3. The predicted octanol–water partition coefficient (Wildman–Crippen LogP) is 1.77. The van der Waals surface area contributed by atoms with E-state index >= 15 is 0 Å². The van der Waals surface area contributed by atoms with Crippen molar-refractivity contribution in [2.24, 2.45) is 0 Å². The lowest BCUT2D eigenvalue weighted by Gasteiger charge is -2.11. The Morgan fingerprint density at radius 3 is 2.11 bits per heavy atom. The van der Waals surface area contributed by atoms with Crippen LogP contribution >= 0.6 is 0 Å². The van der Waals surface area contributed by atoms with Gasteiger partial charge in [-0.3, -0.25) is 4.79 Å². The average molecular weight is 242 g/mol. The summed E-state index contributed by atoms with van der Waals surface area (Å²) in [7, 11) is 0. The molecular weight excluding hydrogens is 228 g/mol. The molecule has 0 aromatic heterocycles. The van der Waals surface area contributed by atoms with E-state index in [9.17, 15) is 9.90 Å². The van der Waals surface area contributed by atoms with Crippen molar-refractivity contribution in [3.8, 4) is 0 Å². The number of carbonyl (C=O) groups excluding carboxylic acids is 1. The fourth-order valence-corrected chi connectivity index (χ4v) is 1.76. The monoisotopic (exact) mass is 242 g/mol. The van der Waals surface area contributed by atoms with E-state index in [-0.39, 0.29) is 0 Å². The van der Waals surface area contributed by atoms with Crippen molar-refractivity contribution in [1.82, 2.24) is 0 Å². The van der Waals surface area contributed by atoms with Crippen molar-refractivity contribution < 1.29 is 9.90 Å². The van der Waals surface area contributed by atoms with Gasteiger partial charge in [0, 0.05) is 16.9 Å². The number of rotatable bonds is 3. The summed E-state index contributed by atoms with van der Waals surface area (Å²) in [6.07, 6.45) is -1.20. The molecule has 0 aliphatic rings. The molecule has 1 atom stereocenters. The maximum atomic E-state index is 12.1. The molecule has 0 saturated carbocycles. The molecule has 4 nitrogen and oxygen atoms in total. The summed E-state index contributed by atoms with van der Waals surface area (Å²) < 4.78 is 0. The summed E-state index contributed by atoms with van der Waals surface area (Å²) in [6, 6.07) is 13.3. The first kappa shape index (κ1) is 12.1. The molecule has 5 N–H and O–H groups in total. The van der Waals surface area contributed by atoms with Gasteiger partial charge in [0.25, 0.3) is 0 Å². The number of hydrogen-bond donors (Lipinski definition) is 3. The lowest BCUT2D eigenvalue weighted by Crippen LogP contribution is -2.13. The summed E-state index contributed by atoms with van der Waals surface area (Å²) in [6.45, 7) is 0. The molecule has 0 saturated heterocycles. The van der Waals surface area contributed by atoms with E-state index < -0.39 is 11.9 Å². The fraction of sp³-hybridized carbons (Fsp3) is 0.0714. The van der Waals surface area contributed by atoms with Gasteiger partial charge >= 0.3 is 0 Å². The minimum absolute atomic E-state index is 0.309. The number of Topliss-reactive ketones (excluding diaryl/α,β-unsaturated/α-hetero) is 1. The third-order valence-corrected chi connectivity index (χ3v) is 2.63. The number of ketones is 1. The van der Waals surface area contributed by atoms with Gasteiger partial charge in [-0.15, -0.1) is 0 Å². The number of aliphatic hydroxyl groups excluding tert-OH is 1. The van der Waals surface area contributed by atoms with Crippen LogP contribution in [0.25, 0.3) is 0 Å². The van der Waals surface area contributed by atoms with E-state index in [1.807, 2.05) is 6.07 Å². The third-order valence-electron chi connectivity index (χ3n) is 2.63. The number of aliphatic hydroxyl groups is 1. The molecule has 0 radical (unpaired) electrons. The van der Waals surface area contributed by atoms with Crippen molar-refractivity contribution >= 4 is 17.2 Å². The Morgan fingerprint density at radius 1 is 1.00 bits per heavy atom. The topological polar surface area (TPSA) is 89.3 Å². The van der Waals surface area contributed by atoms with E-state index in [4.69, 9.17) is 11.5 Å². The molecule has 2 aromatic carbocycles. The maximum Gasteiger partial charge on any atom is 0.195 e. The van der Waals surface area contributed by atoms with Gasteiger partial charge in [0.1, 0.15) is 6.10 Å². The number of nitrogens with two attached hydrogens (primary N) is 2. The van der Waals surface area contributed by atoms with Crippen molar-refractivity contribution in [2.45, 2.75) is 6.10 Å². The minimum Gasteiger partial charge on any atom is -0.399 e. The van der Waals surface area contributed by atoms with Crippen molar-refractivity contribution in [2.75, 3.05) is 11.5 Å². The molecular formula is C14H14N2O2. The fourth-order valence-electron chi connectivity index (χ4n) is 1.76. The van der Waals surface area contributed by atoms with Gasteiger partial charge in [0.2, 0.25) is 0 Å². The molecule has 0 fully saturated rings. The molecule has 0 aliphatic carbocycles. The number of benzene rings is 2. The van der Waals surface area contributed by atoms with Gasteiger partial charge in [-0.1, -0.05) is 30.3 Å². The van der Waals surface area contributed by atoms with Crippen LogP contribution in [0.15, 0.2) is 48.5 Å². The van der Waals surface area contributed by atoms with E-state index in [2.05, 4.69) is 0 Å². The lowest BCUT2D eigenvalue weighted by molar-refractivity contribution is 0.0747. The van der Waals surface area contributed by atoms with Crippen LogP contribution in [0.5, 0.6) is 0 Å². The molecule has 92 valence electrons. The molecule has 1 unspecified atom stereocenters. The first-order valence-corrected chi connectivity index (χ1v) is 5.51. The highest BCUT2D eigenvalue weighted by Gasteiger charge is 2.19. The Morgan fingerprint density at radius 2 is 1.56 bits per heavy atom. The zero-order valence-electron chi connectivity index (χ0n) is 9.71. The second kappa shape index (κ2) is 4.89. The summed E-state index contributed by atoms with van der Waals surface area (Å²) in [5.74, 6) is -0.416. The molecule has 4 heteroatoms. The van der Waals surface area contributed by atoms with Gasteiger partial charge < -0.3 is 16.6 Å². The van der Waals surface area contributed by atoms with E-state index in [1.165, 1.54) is 12.1 Å². The summed E-state index contributed by atoms with van der Waals surface area (Å²) in [4.78, 5) is 12.1. The molecule has 0 bridgehead atoms. The Balaban J connectivity index is 2.31. The Kier molecular flexibility index (Phi) is 3.30. The second-order valence-electron chi connectivity index (χ2n) is 4.07. The Hall–Kier alpha value is -2.33. The van der Waals surface area contributed by atoms with Gasteiger partial charge in [-0.05, 0) is 23.8 Å². The molecule has 2 aromatic rings. The minimum atomic E-state index is -1.20. The van der Waals surface area contributed by atoms with Crippen LogP contribution in [-0.2, 0) is 0 Å². The van der Waals surface area contributed by atoms with Crippen molar-refractivity contribution in [3.63, 3.8) is 0 Å². The number of hydrogen-bond acceptors (Lipinski definition) is 4. The quantitative estimate of drug-likeness (QED) is 0.565. The van der Waals surface area contributed by atoms with E-state index in [0.29, 0.717) is 22.5 Å². The van der Waals surface area contributed by atoms with E-state index in [1.54, 1.807) is 30.3 Å². The van der Waals surface area contributed by atoms with Crippen LogP contribution < -0.4 is 11.5 Å². The molecule has 0 spiro atoms. The SMILES string of the molecule is Nc1cc(N)cc(C(=O)C(O)c2ccccc2)c1. The largest absolute Gasteiger partial charge is 0.399 e. The molecule has 0 heterocycles. The molecule has 18 heavy (non-hydrogen) atoms. The Labute approximate surface area is 105 Å². The highest BCUT2D eigenvalue weighted by molar-refractivity contribution is 6.01. The number of anilines is 2. The Bertz CT molecular complexity index is 547. The van der Waals surface area contributed by atoms with E-state index in [0.717, 1.165) is 0 Å². The summed E-state index contributed by atoms with van der Waals surface area (Å²) >= 11 is 0.